The summed E-state index contributed by atoms with van der Waals surface area (Å²) in [5.41, 5.74) is -0.486. The predicted molar refractivity (Wildman–Crippen MR) is 70.1 cm³/mol. The van der Waals surface area contributed by atoms with Crippen molar-refractivity contribution in [1.29, 1.82) is 0 Å². The summed E-state index contributed by atoms with van der Waals surface area (Å²) in [5.74, 6) is 0.00614. The van der Waals surface area contributed by atoms with Crippen LogP contribution in [-0.2, 0) is 4.79 Å². The van der Waals surface area contributed by atoms with Crippen molar-refractivity contribution < 1.29 is 9.90 Å². The maximum atomic E-state index is 11.6. The molecule has 0 radical (unpaired) electrons. The molecule has 0 spiro atoms. The second-order valence-corrected chi connectivity index (χ2v) is 6.09. The molecule has 3 heteroatoms. The van der Waals surface area contributed by atoms with Gasteiger partial charge in [0.05, 0.1) is 5.41 Å². The molecule has 1 aliphatic carbocycles. The zero-order chi connectivity index (χ0) is 12.9. The van der Waals surface area contributed by atoms with E-state index in [1.54, 1.807) is 0 Å². The lowest BCUT2D eigenvalue weighted by atomic mass is 9.80. The zero-order valence-corrected chi connectivity index (χ0v) is 11.5. The third-order valence-electron chi connectivity index (χ3n) is 3.76. The van der Waals surface area contributed by atoms with Gasteiger partial charge in [0.1, 0.15) is 0 Å². The van der Waals surface area contributed by atoms with Gasteiger partial charge in [-0.15, -0.1) is 0 Å². The summed E-state index contributed by atoms with van der Waals surface area (Å²) in [6, 6.07) is 0. The number of rotatable bonds is 5. The molecular weight excluding hydrogens is 214 g/mol. The molecule has 0 atom stereocenters. The van der Waals surface area contributed by atoms with Gasteiger partial charge in [-0.25, -0.2) is 0 Å². The van der Waals surface area contributed by atoms with Crippen molar-refractivity contribution in [3.8, 4) is 0 Å². The van der Waals surface area contributed by atoms with Crippen molar-refractivity contribution in [1.82, 2.24) is 4.90 Å². The smallest absolute Gasteiger partial charge is 0.310 e. The van der Waals surface area contributed by atoms with E-state index in [1.165, 1.54) is 12.8 Å². The molecule has 1 rings (SSSR count). The summed E-state index contributed by atoms with van der Waals surface area (Å²) >= 11 is 0. The summed E-state index contributed by atoms with van der Waals surface area (Å²) in [5, 5.41) is 9.57. The van der Waals surface area contributed by atoms with Crippen molar-refractivity contribution in [3.63, 3.8) is 0 Å². The summed E-state index contributed by atoms with van der Waals surface area (Å²) < 4.78 is 0. The molecule has 0 unspecified atom stereocenters. The van der Waals surface area contributed by atoms with E-state index in [0.717, 1.165) is 32.2 Å². The third kappa shape index (κ3) is 4.30. The molecule has 0 heterocycles. The number of carboxylic acid groups (broad SMARTS) is 1. The van der Waals surface area contributed by atoms with Crippen molar-refractivity contribution in [2.24, 2.45) is 11.3 Å². The quantitative estimate of drug-likeness (QED) is 0.752. The summed E-state index contributed by atoms with van der Waals surface area (Å²) in [6.07, 6.45) is 6.24. The number of hydrogen-bond donors (Lipinski definition) is 1. The molecule has 0 aromatic carbocycles. The van der Waals surface area contributed by atoms with Crippen LogP contribution < -0.4 is 0 Å². The van der Waals surface area contributed by atoms with E-state index in [0.29, 0.717) is 12.5 Å². The SMILES string of the molecule is CC(C)CN(C)CC1(C(=O)O)CCCCCC1. The number of carbonyl (C=O) groups is 1. The monoisotopic (exact) mass is 241 g/mol. The Balaban J connectivity index is 2.66. The number of nitrogens with zero attached hydrogens (tertiary/aromatic N) is 1. The summed E-state index contributed by atoms with van der Waals surface area (Å²) in [6.45, 7) is 6.05. The Labute approximate surface area is 105 Å². The average Bonchev–Trinajstić information content (AvgIpc) is 2.42. The Morgan fingerprint density at radius 3 is 2.18 bits per heavy atom. The molecule has 3 nitrogen and oxygen atoms in total. The van der Waals surface area contributed by atoms with Crippen LogP contribution in [0.5, 0.6) is 0 Å². The van der Waals surface area contributed by atoms with Crippen LogP contribution in [0.2, 0.25) is 0 Å². The van der Waals surface area contributed by atoms with Crippen molar-refractivity contribution in [2.75, 3.05) is 20.1 Å². The highest BCUT2D eigenvalue weighted by Crippen LogP contribution is 2.36. The van der Waals surface area contributed by atoms with Gasteiger partial charge < -0.3 is 10.0 Å². The Hall–Kier alpha value is -0.570. The van der Waals surface area contributed by atoms with Crippen LogP contribution in [0, 0.1) is 11.3 Å². The minimum absolute atomic E-state index is 0.486. The molecule has 1 N–H and O–H groups in total. The topological polar surface area (TPSA) is 40.5 Å². The highest BCUT2D eigenvalue weighted by Gasteiger charge is 2.39. The van der Waals surface area contributed by atoms with E-state index < -0.39 is 11.4 Å². The van der Waals surface area contributed by atoms with Crippen molar-refractivity contribution >= 4 is 5.97 Å². The molecule has 0 aromatic heterocycles. The Bertz CT molecular complexity index is 243. The van der Waals surface area contributed by atoms with E-state index in [-0.39, 0.29) is 0 Å². The highest BCUT2D eigenvalue weighted by molar-refractivity contribution is 5.75. The molecule has 100 valence electrons. The fourth-order valence-electron chi connectivity index (χ4n) is 3.05. The van der Waals surface area contributed by atoms with Gasteiger partial charge >= 0.3 is 5.97 Å². The number of carboxylic acids is 1. The van der Waals surface area contributed by atoms with Crippen molar-refractivity contribution in [3.05, 3.63) is 0 Å². The first-order valence-corrected chi connectivity index (χ1v) is 6.88. The van der Waals surface area contributed by atoms with Crippen molar-refractivity contribution in [2.45, 2.75) is 52.4 Å². The average molecular weight is 241 g/mol. The van der Waals surface area contributed by atoms with Crippen LogP contribution in [0.15, 0.2) is 0 Å². The maximum absolute atomic E-state index is 11.6. The van der Waals surface area contributed by atoms with E-state index in [9.17, 15) is 9.90 Å². The van der Waals surface area contributed by atoms with Gasteiger partial charge in [0.15, 0.2) is 0 Å². The minimum Gasteiger partial charge on any atom is -0.481 e. The van der Waals surface area contributed by atoms with E-state index in [4.69, 9.17) is 0 Å². The molecule has 0 bridgehead atoms. The normalized spacial score (nSPS) is 20.5. The first-order valence-electron chi connectivity index (χ1n) is 6.88. The lowest BCUT2D eigenvalue weighted by molar-refractivity contribution is -0.151. The molecule has 1 aliphatic rings. The largest absolute Gasteiger partial charge is 0.481 e. The van der Waals surface area contributed by atoms with Crippen LogP contribution >= 0.6 is 0 Å². The lowest BCUT2D eigenvalue weighted by Gasteiger charge is -2.33. The van der Waals surface area contributed by atoms with E-state index >= 15 is 0 Å². The van der Waals surface area contributed by atoms with E-state index in [2.05, 4.69) is 25.8 Å². The second kappa shape index (κ2) is 6.39. The summed E-state index contributed by atoms with van der Waals surface area (Å²) in [4.78, 5) is 13.8. The maximum Gasteiger partial charge on any atom is 0.310 e. The van der Waals surface area contributed by atoms with Gasteiger partial charge in [0, 0.05) is 13.1 Å². The van der Waals surface area contributed by atoms with E-state index in [1.807, 2.05) is 0 Å². The Morgan fingerprint density at radius 2 is 1.76 bits per heavy atom. The van der Waals surface area contributed by atoms with Crippen LogP contribution in [0.4, 0.5) is 0 Å². The summed E-state index contributed by atoms with van der Waals surface area (Å²) in [7, 11) is 2.05. The molecular formula is C14H27NO2. The molecule has 1 fully saturated rings. The first-order chi connectivity index (χ1) is 7.96. The standard InChI is InChI=1S/C14H27NO2/c1-12(2)10-15(3)11-14(13(16)17)8-6-4-5-7-9-14/h12H,4-11H2,1-3H3,(H,16,17). The fraction of sp³-hybridized carbons (Fsp3) is 0.929. The highest BCUT2D eigenvalue weighted by atomic mass is 16.4. The van der Waals surface area contributed by atoms with Gasteiger partial charge in [0.2, 0.25) is 0 Å². The Morgan fingerprint density at radius 1 is 1.24 bits per heavy atom. The lowest BCUT2D eigenvalue weighted by Crippen LogP contribution is -2.42. The van der Waals surface area contributed by atoms with Crippen LogP contribution in [-0.4, -0.2) is 36.1 Å². The molecule has 0 aromatic rings. The number of hydrogen-bond acceptors (Lipinski definition) is 2. The van der Waals surface area contributed by atoms with Gasteiger partial charge in [-0.2, -0.15) is 0 Å². The van der Waals surface area contributed by atoms with Gasteiger partial charge in [-0.05, 0) is 25.8 Å². The van der Waals surface area contributed by atoms with Crippen LogP contribution in [0.25, 0.3) is 0 Å². The Kier molecular flexibility index (Phi) is 5.44. The van der Waals surface area contributed by atoms with Crippen LogP contribution in [0.1, 0.15) is 52.4 Å². The number of aliphatic carboxylic acids is 1. The van der Waals surface area contributed by atoms with Crippen LogP contribution in [0.3, 0.4) is 0 Å². The molecule has 1 saturated carbocycles. The predicted octanol–water partition coefficient (Wildman–Crippen LogP) is 3.00. The van der Waals surface area contributed by atoms with Gasteiger partial charge in [-0.3, -0.25) is 4.79 Å². The zero-order valence-electron chi connectivity index (χ0n) is 11.5. The van der Waals surface area contributed by atoms with Gasteiger partial charge in [-0.1, -0.05) is 39.5 Å². The fourth-order valence-corrected chi connectivity index (χ4v) is 3.05. The molecule has 17 heavy (non-hydrogen) atoms. The molecule has 0 amide bonds. The minimum atomic E-state index is -0.588. The first kappa shape index (κ1) is 14.5. The second-order valence-electron chi connectivity index (χ2n) is 6.09. The molecule has 0 saturated heterocycles. The molecule has 0 aliphatic heterocycles. The van der Waals surface area contributed by atoms with Gasteiger partial charge in [0.25, 0.3) is 0 Å². The third-order valence-corrected chi connectivity index (χ3v) is 3.76.